The maximum absolute atomic E-state index is 10.6. The number of methoxy groups -OCH3 is 1. The van der Waals surface area contributed by atoms with Gasteiger partial charge in [-0.05, 0) is 24.6 Å². The molecule has 0 aliphatic carbocycles. The van der Waals surface area contributed by atoms with E-state index in [1.165, 1.54) is 0 Å². The van der Waals surface area contributed by atoms with E-state index in [1.807, 2.05) is 48.5 Å². The van der Waals surface area contributed by atoms with Crippen molar-refractivity contribution < 1.29 is 9.84 Å². The molecule has 0 aromatic heterocycles. The van der Waals surface area contributed by atoms with Gasteiger partial charge in [0.25, 0.3) is 0 Å². The molecule has 0 bridgehead atoms. The second-order valence-electron chi connectivity index (χ2n) is 6.29. The Morgan fingerprint density at radius 3 is 2.16 bits per heavy atom. The first kappa shape index (κ1) is 19.6. The van der Waals surface area contributed by atoms with E-state index >= 15 is 0 Å². The van der Waals surface area contributed by atoms with Crippen LogP contribution in [-0.4, -0.2) is 49.3 Å². The van der Waals surface area contributed by atoms with E-state index < -0.39 is 6.10 Å². The van der Waals surface area contributed by atoms with Crippen LogP contribution in [0.5, 0.6) is 5.75 Å². The van der Waals surface area contributed by atoms with E-state index in [2.05, 4.69) is 22.8 Å². The van der Waals surface area contributed by atoms with Gasteiger partial charge in [-0.25, -0.2) is 0 Å². The number of hydrogen-bond donors (Lipinski definition) is 1. The van der Waals surface area contributed by atoms with Gasteiger partial charge in [-0.2, -0.15) is 0 Å². The highest BCUT2D eigenvalue weighted by Gasteiger charge is 2.27. The first-order valence-electron chi connectivity index (χ1n) is 8.55. The fourth-order valence-corrected chi connectivity index (χ4v) is 3.39. The molecule has 4 nitrogen and oxygen atoms in total. The molecule has 0 spiro atoms. The van der Waals surface area contributed by atoms with Crippen LogP contribution in [0.1, 0.15) is 18.6 Å². The van der Waals surface area contributed by atoms with Crippen molar-refractivity contribution in [3.63, 3.8) is 0 Å². The third-order valence-corrected chi connectivity index (χ3v) is 4.91. The van der Waals surface area contributed by atoms with E-state index in [1.54, 1.807) is 7.11 Å². The lowest BCUT2D eigenvalue weighted by Crippen LogP contribution is -2.51. The monoisotopic (exact) mass is 362 g/mol. The van der Waals surface area contributed by atoms with Crippen LogP contribution in [0.15, 0.2) is 54.6 Å². The van der Waals surface area contributed by atoms with Crippen LogP contribution in [0, 0.1) is 0 Å². The Labute approximate surface area is 156 Å². The number of aliphatic hydroxyl groups is 1. The molecule has 1 heterocycles. The largest absolute Gasteiger partial charge is 0.495 e. The number of piperazine rings is 1. The van der Waals surface area contributed by atoms with Gasteiger partial charge < -0.3 is 14.7 Å². The minimum absolute atomic E-state index is 0. The minimum atomic E-state index is -0.455. The average molecular weight is 363 g/mol. The Kier molecular flexibility index (Phi) is 7.12. The van der Waals surface area contributed by atoms with E-state index in [-0.39, 0.29) is 18.4 Å². The van der Waals surface area contributed by atoms with Crippen LogP contribution in [0.4, 0.5) is 5.69 Å². The second-order valence-corrected chi connectivity index (χ2v) is 6.29. The summed E-state index contributed by atoms with van der Waals surface area (Å²) in [6.45, 7) is 5.85. The molecule has 0 radical (unpaired) electrons. The Balaban J connectivity index is 0.00000225. The topological polar surface area (TPSA) is 35.9 Å². The molecule has 0 saturated carbocycles. The highest BCUT2D eigenvalue weighted by atomic mass is 35.5. The predicted octanol–water partition coefficient (Wildman–Crippen LogP) is 3.36. The molecule has 1 saturated heterocycles. The van der Waals surface area contributed by atoms with Gasteiger partial charge in [0.1, 0.15) is 5.75 Å². The fourth-order valence-electron chi connectivity index (χ4n) is 3.39. The molecule has 2 atom stereocenters. The molecule has 2 aromatic rings. The van der Waals surface area contributed by atoms with Crippen molar-refractivity contribution in [1.29, 1.82) is 0 Å². The van der Waals surface area contributed by atoms with Crippen molar-refractivity contribution in [2.24, 2.45) is 0 Å². The molecule has 2 unspecified atom stereocenters. The van der Waals surface area contributed by atoms with Crippen molar-refractivity contribution in [3.05, 3.63) is 60.2 Å². The molecule has 136 valence electrons. The van der Waals surface area contributed by atoms with Crippen LogP contribution >= 0.6 is 12.4 Å². The van der Waals surface area contributed by atoms with Gasteiger partial charge in [-0.3, -0.25) is 4.90 Å². The number of rotatable bonds is 5. The SMILES string of the molecule is COc1ccccc1N1CCN(C(C)C(O)c2ccccc2)CC1.Cl. The van der Waals surface area contributed by atoms with Crippen LogP contribution in [0.3, 0.4) is 0 Å². The Bertz CT molecular complexity index is 645. The fraction of sp³-hybridized carbons (Fsp3) is 0.400. The lowest BCUT2D eigenvalue weighted by molar-refractivity contribution is 0.0545. The summed E-state index contributed by atoms with van der Waals surface area (Å²) in [6, 6.07) is 18.2. The molecule has 1 aliphatic heterocycles. The zero-order valence-corrected chi connectivity index (χ0v) is 15.7. The normalized spacial score (nSPS) is 17.5. The third kappa shape index (κ3) is 4.46. The number of aliphatic hydroxyl groups excluding tert-OH is 1. The smallest absolute Gasteiger partial charge is 0.142 e. The molecule has 1 aliphatic rings. The van der Waals surface area contributed by atoms with Gasteiger partial charge in [0.15, 0.2) is 0 Å². The predicted molar refractivity (Wildman–Crippen MR) is 105 cm³/mol. The van der Waals surface area contributed by atoms with Crippen molar-refractivity contribution in [1.82, 2.24) is 4.90 Å². The average Bonchev–Trinajstić information content (AvgIpc) is 2.67. The van der Waals surface area contributed by atoms with Gasteiger partial charge in [-0.1, -0.05) is 42.5 Å². The Morgan fingerprint density at radius 2 is 1.52 bits per heavy atom. The zero-order chi connectivity index (χ0) is 16.9. The molecule has 3 rings (SSSR count). The lowest BCUT2D eigenvalue weighted by Gasteiger charge is -2.40. The lowest BCUT2D eigenvalue weighted by atomic mass is 10.0. The van der Waals surface area contributed by atoms with Crippen LogP contribution in [-0.2, 0) is 0 Å². The zero-order valence-electron chi connectivity index (χ0n) is 14.8. The second kappa shape index (κ2) is 9.09. The minimum Gasteiger partial charge on any atom is -0.495 e. The van der Waals surface area contributed by atoms with Gasteiger partial charge in [-0.15, -0.1) is 12.4 Å². The molecule has 1 N–H and O–H groups in total. The van der Waals surface area contributed by atoms with Gasteiger partial charge >= 0.3 is 0 Å². The van der Waals surface area contributed by atoms with Crippen molar-refractivity contribution in [2.75, 3.05) is 38.2 Å². The van der Waals surface area contributed by atoms with Crippen molar-refractivity contribution in [2.45, 2.75) is 19.1 Å². The number of nitrogens with zero attached hydrogens (tertiary/aromatic N) is 2. The molecule has 1 fully saturated rings. The van der Waals surface area contributed by atoms with Gasteiger partial charge in [0.05, 0.1) is 18.9 Å². The summed E-state index contributed by atoms with van der Waals surface area (Å²) in [4.78, 5) is 4.72. The van der Waals surface area contributed by atoms with E-state index in [0.29, 0.717) is 0 Å². The molecule has 25 heavy (non-hydrogen) atoms. The van der Waals surface area contributed by atoms with Crippen molar-refractivity contribution >= 4 is 18.1 Å². The third-order valence-electron chi connectivity index (χ3n) is 4.91. The highest BCUT2D eigenvalue weighted by Crippen LogP contribution is 2.29. The number of hydrogen-bond acceptors (Lipinski definition) is 4. The molecule has 0 amide bonds. The summed E-state index contributed by atoms with van der Waals surface area (Å²) < 4.78 is 5.47. The van der Waals surface area contributed by atoms with Crippen LogP contribution in [0.2, 0.25) is 0 Å². The summed E-state index contributed by atoms with van der Waals surface area (Å²) in [5, 5.41) is 10.6. The summed E-state index contributed by atoms with van der Waals surface area (Å²) >= 11 is 0. The number of anilines is 1. The number of ether oxygens (including phenoxy) is 1. The maximum Gasteiger partial charge on any atom is 0.142 e. The first-order chi connectivity index (χ1) is 11.7. The Hall–Kier alpha value is -1.75. The van der Waals surface area contributed by atoms with E-state index in [9.17, 15) is 5.11 Å². The summed E-state index contributed by atoms with van der Waals surface area (Å²) in [5.41, 5.74) is 2.13. The maximum atomic E-state index is 10.6. The van der Waals surface area contributed by atoms with Crippen molar-refractivity contribution in [3.8, 4) is 5.75 Å². The standard InChI is InChI=1S/C20H26N2O2.ClH/c1-16(20(23)17-8-4-3-5-9-17)21-12-14-22(15-13-21)18-10-6-7-11-19(18)24-2;/h3-11,16,20,23H,12-15H2,1-2H3;1H. The summed E-state index contributed by atoms with van der Waals surface area (Å²) in [5.74, 6) is 0.920. The van der Waals surface area contributed by atoms with Gasteiger partial charge in [0.2, 0.25) is 0 Å². The summed E-state index contributed by atoms with van der Waals surface area (Å²) in [7, 11) is 1.72. The summed E-state index contributed by atoms with van der Waals surface area (Å²) in [6.07, 6.45) is -0.455. The van der Waals surface area contributed by atoms with Gasteiger partial charge in [0, 0.05) is 32.2 Å². The van der Waals surface area contributed by atoms with Crippen LogP contribution < -0.4 is 9.64 Å². The molecular weight excluding hydrogens is 336 g/mol. The quantitative estimate of drug-likeness (QED) is 0.884. The van der Waals surface area contributed by atoms with E-state index in [4.69, 9.17) is 4.74 Å². The molecule has 2 aromatic carbocycles. The van der Waals surface area contributed by atoms with Crippen LogP contribution in [0.25, 0.3) is 0 Å². The molecular formula is C20H27ClN2O2. The first-order valence-corrected chi connectivity index (χ1v) is 8.55. The molecule has 5 heteroatoms. The van der Waals surface area contributed by atoms with E-state index in [0.717, 1.165) is 43.2 Å². The number of halogens is 1. The highest BCUT2D eigenvalue weighted by molar-refractivity contribution is 5.85. The number of benzene rings is 2. The Morgan fingerprint density at radius 1 is 0.920 bits per heavy atom. The number of para-hydroxylation sites is 2.